The van der Waals surface area contributed by atoms with Crippen LogP contribution in [0.15, 0.2) is 58.5 Å². The lowest BCUT2D eigenvalue weighted by molar-refractivity contribution is -0.165. The maximum Gasteiger partial charge on any atom is 0.412 e. The quantitative estimate of drug-likeness (QED) is 0.0921. The van der Waals surface area contributed by atoms with Crippen molar-refractivity contribution in [3.05, 3.63) is 48.5 Å². The third kappa shape index (κ3) is 18.3. The van der Waals surface area contributed by atoms with Crippen molar-refractivity contribution in [3.63, 3.8) is 0 Å². The molecular formula is C28H28N4O14. The first-order valence-electron chi connectivity index (χ1n) is 12.7. The number of ether oxygens (including phenoxy) is 6. The zero-order valence-corrected chi connectivity index (χ0v) is 24.5. The number of hydrogen-bond acceptors (Lipinski definition) is 16. The molecule has 0 fully saturated rings. The second-order valence-electron chi connectivity index (χ2n) is 8.08. The third-order valence-corrected chi connectivity index (χ3v) is 4.55. The summed E-state index contributed by atoms with van der Waals surface area (Å²) >= 11 is 0. The molecule has 0 saturated carbocycles. The molecule has 0 bridgehead atoms. The van der Waals surface area contributed by atoms with Crippen molar-refractivity contribution in [2.24, 2.45) is 9.98 Å². The molecule has 2 aromatic rings. The smallest absolute Gasteiger partial charge is 0.412 e. The Hall–Kier alpha value is -6.22. The van der Waals surface area contributed by atoms with E-state index in [0.717, 1.165) is 0 Å². The fourth-order valence-electron chi connectivity index (χ4n) is 2.70. The predicted octanol–water partition coefficient (Wildman–Crippen LogP) is 1.63. The number of esters is 4. The van der Waals surface area contributed by atoms with Crippen LogP contribution in [0, 0.1) is 0 Å². The van der Waals surface area contributed by atoms with E-state index < -0.39 is 49.8 Å². The lowest BCUT2D eigenvalue weighted by atomic mass is 10.3. The number of nitrogens with one attached hydrogen (secondary N) is 2. The Morgan fingerprint density at radius 3 is 1.39 bits per heavy atom. The Bertz CT molecular complexity index is 1430. The summed E-state index contributed by atoms with van der Waals surface area (Å²) in [5, 5.41) is 4.92. The van der Waals surface area contributed by atoms with E-state index in [-0.39, 0.29) is 25.7 Å². The zero-order chi connectivity index (χ0) is 34.2. The fraction of sp³-hybridized carbons (Fsp3) is 0.286. The van der Waals surface area contributed by atoms with E-state index in [1.165, 1.54) is 50.5 Å². The number of carbonyl (C=O) groups is 6. The number of isocyanates is 2. The van der Waals surface area contributed by atoms with Crippen molar-refractivity contribution in [2.45, 2.75) is 6.92 Å². The number of aliphatic imine (C=N–C) groups is 2. The SMILES string of the molecule is CC(=O)Nc1ccc(N=C=O)cc1.COCC(=O)OCC(=O)OCCOC(=O)COC(=O)COC(=O)Nc1ccc(N=C=O)cc1. The zero-order valence-electron chi connectivity index (χ0n) is 24.5. The van der Waals surface area contributed by atoms with Gasteiger partial charge in [-0.1, -0.05) is 0 Å². The first kappa shape index (κ1) is 37.8. The van der Waals surface area contributed by atoms with Gasteiger partial charge in [-0.3, -0.25) is 10.1 Å². The van der Waals surface area contributed by atoms with Gasteiger partial charge in [-0.2, -0.15) is 9.98 Å². The molecule has 0 radical (unpaired) electrons. The highest BCUT2D eigenvalue weighted by Gasteiger charge is 2.13. The van der Waals surface area contributed by atoms with Gasteiger partial charge in [-0.25, -0.2) is 33.6 Å². The molecule has 244 valence electrons. The fourth-order valence-corrected chi connectivity index (χ4v) is 2.70. The standard InChI is InChI=1S/C19H20N2O12.C9H8N2O2/c1-28-8-15(23)31-9-16(24)29-6-7-30-17(25)10-32-18(26)11-33-19(27)21-14-4-2-13(3-5-14)20-12-22;1-7(13)11-9-4-2-8(3-5-9)10-6-12/h2-5H,6-11H2,1H3,(H,21,27);2-5H,1H3,(H,11,13). The first-order chi connectivity index (χ1) is 22.1. The van der Waals surface area contributed by atoms with E-state index in [2.05, 4.69) is 49.0 Å². The molecule has 0 aliphatic rings. The molecule has 46 heavy (non-hydrogen) atoms. The van der Waals surface area contributed by atoms with Gasteiger partial charge in [0.2, 0.25) is 18.1 Å². The molecule has 2 N–H and O–H groups in total. The van der Waals surface area contributed by atoms with Crippen molar-refractivity contribution in [1.29, 1.82) is 0 Å². The van der Waals surface area contributed by atoms with Gasteiger partial charge in [0, 0.05) is 25.4 Å². The van der Waals surface area contributed by atoms with Crippen LogP contribution in [0.4, 0.5) is 27.5 Å². The van der Waals surface area contributed by atoms with Crippen LogP contribution >= 0.6 is 0 Å². The summed E-state index contributed by atoms with van der Waals surface area (Å²) in [4.78, 5) is 94.3. The van der Waals surface area contributed by atoms with Crippen LogP contribution in [0.25, 0.3) is 0 Å². The van der Waals surface area contributed by atoms with Crippen LogP contribution in [-0.4, -0.2) is 94.8 Å². The lowest BCUT2D eigenvalue weighted by Gasteiger charge is -2.08. The number of anilines is 2. The van der Waals surface area contributed by atoms with Gasteiger partial charge in [0.25, 0.3) is 0 Å². The Kier molecular flexibility index (Phi) is 18.4. The molecular weight excluding hydrogens is 616 g/mol. The molecule has 0 aliphatic heterocycles. The van der Waals surface area contributed by atoms with Crippen LogP contribution in [0.1, 0.15) is 6.92 Å². The number of carbonyl (C=O) groups excluding carboxylic acids is 8. The summed E-state index contributed by atoms with van der Waals surface area (Å²) in [6.45, 7) is -1.68. The van der Waals surface area contributed by atoms with E-state index in [1.807, 2.05) is 0 Å². The lowest BCUT2D eigenvalue weighted by Crippen LogP contribution is -2.24. The Morgan fingerprint density at radius 2 is 0.978 bits per heavy atom. The molecule has 2 rings (SSSR count). The molecule has 0 spiro atoms. The number of benzene rings is 2. The van der Waals surface area contributed by atoms with Gasteiger partial charge in [0.05, 0.1) is 11.4 Å². The number of rotatable bonds is 15. The maximum absolute atomic E-state index is 11.6. The topological polar surface area (TPSA) is 241 Å². The molecule has 0 atom stereocenters. The normalized spacial score (nSPS) is 9.35. The minimum Gasteiger partial charge on any atom is -0.460 e. The second kappa shape index (κ2) is 22.3. The second-order valence-corrected chi connectivity index (χ2v) is 8.08. The summed E-state index contributed by atoms with van der Waals surface area (Å²) in [5.74, 6) is -3.69. The van der Waals surface area contributed by atoms with Gasteiger partial charge >= 0.3 is 30.0 Å². The largest absolute Gasteiger partial charge is 0.460 e. The minimum atomic E-state index is -1.01. The summed E-state index contributed by atoms with van der Waals surface area (Å²) in [5.41, 5.74) is 1.85. The van der Waals surface area contributed by atoms with Crippen LogP contribution in [0.3, 0.4) is 0 Å². The van der Waals surface area contributed by atoms with Crippen molar-refractivity contribution in [1.82, 2.24) is 0 Å². The van der Waals surface area contributed by atoms with Crippen LogP contribution < -0.4 is 10.6 Å². The maximum atomic E-state index is 11.6. The highest BCUT2D eigenvalue weighted by molar-refractivity contribution is 5.89. The number of methoxy groups -OCH3 is 1. The van der Waals surface area contributed by atoms with Crippen molar-refractivity contribution < 1.29 is 66.8 Å². The summed E-state index contributed by atoms with van der Waals surface area (Å²) in [7, 11) is 1.28. The average molecular weight is 645 g/mol. The highest BCUT2D eigenvalue weighted by Crippen LogP contribution is 2.16. The van der Waals surface area contributed by atoms with Gasteiger partial charge in [0.15, 0.2) is 19.8 Å². The minimum absolute atomic E-state index is 0.133. The molecule has 0 aromatic heterocycles. The molecule has 0 aliphatic carbocycles. The molecule has 18 nitrogen and oxygen atoms in total. The van der Waals surface area contributed by atoms with Crippen LogP contribution in [-0.2, 0) is 62.0 Å². The van der Waals surface area contributed by atoms with Crippen molar-refractivity contribution in [3.8, 4) is 0 Å². The third-order valence-electron chi connectivity index (χ3n) is 4.55. The van der Waals surface area contributed by atoms with Gasteiger partial charge in [-0.05, 0) is 48.5 Å². The van der Waals surface area contributed by atoms with E-state index in [1.54, 1.807) is 24.3 Å². The summed E-state index contributed by atoms with van der Waals surface area (Å²) < 4.78 is 27.5. The van der Waals surface area contributed by atoms with E-state index in [9.17, 15) is 38.4 Å². The average Bonchev–Trinajstić information content (AvgIpc) is 3.02. The molecule has 0 heterocycles. The Morgan fingerprint density at radius 1 is 0.587 bits per heavy atom. The first-order valence-corrected chi connectivity index (χ1v) is 12.7. The number of hydrogen-bond donors (Lipinski definition) is 2. The van der Waals surface area contributed by atoms with Crippen LogP contribution in [0.5, 0.6) is 0 Å². The Labute approximate surface area is 260 Å². The van der Waals surface area contributed by atoms with E-state index in [0.29, 0.717) is 22.7 Å². The molecule has 0 unspecified atom stereocenters. The highest BCUT2D eigenvalue weighted by atomic mass is 16.6. The van der Waals surface area contributed by atoms with Crippen molar-refractivity contribution >= 4 is 70.8 Å². The van der Waals surface area contributed by atoms with Gasteiger partial charge in [-0.15, -0.1) is 0 Å². The van der Waals surface area contributed by atoms with Crippen LogP contribution in [0.2, 0.25) is 0 Å². The summed E-state index contributed by atoms with van der Waals surface area (Å²) in [6.07, 6.45) is 1.84. The van der Waals surface area contributed by atoms with E-state index in [4.69, 9.17) is 0 Å². The number of nitrogens with zero attached hydrogens (tertiary/aromatic N) is 2. The molecule has 18 heteroatoms. The van der Waals surface area contributed by atoms with Crippen molar-refractivity contribution in [2.75, 3.05) is 57.4 Å². The molecule has 2 aromatic carbocycles. The molecule has 0 saturated heterocycles. The monoisotopic (exact) mass is 644 g/mol. The van der Waals surface area contributed by atoms with E-state index >= 15 is 0 Å². The van der Waals surface area contributed by atoms with Gasteiger partial charge in [0.1, 0.15) is 19.8 Å². The number of amides is 2. The predicted molar refractivity (Wildman–Crippen MR) is 153 cm³/mol. The Balaban J connectivity index is 0.000000674. The summed E-state index contributed by atoms with van der Waals surface area (Å²) in [6, 6.07) is 12.3. The van der Waals surface area contributed by atoms with Gasteiger partial charge < -0.3 is 33.7 Å². The molecule has 2 amide bonds.